The van der Waals surface area contributed by atoms with Crippen LogP contribution in [0.2, 0.25) is 0 Å². The van der Waals surface area contributed by atoms with E-state index in [0.717, 1.165) is 22.9 Å². The Balaban J connectivity index is 1.27. The van der Waals surface area contributed by atoms with Crippen molar-refractivity contribution in [3.05, 3.63) is 84.1 Å². The van der Waals surface area contributed by atoms with Gasteiger partial charge in [0.15, 0.2) is 11.5 Å². The lowest BCUT2D eigenvalue weighted by atomic mass is 10.1. The van der Waals surface area contributed by atoms with E-state index in [1.165, 1.54) is 0 Å². The molecule has 0 aliphatic rings. The highest BCUT2D eigenvalue weighted by Gasteiger charge is 2.15. The molecule has 0 radical (unpaired) electrons. The van der Waals surface area contributed by atoms with Gasteiger partial charge >= 0.3 is 0 Å². The minimum Gasteiger partial charge on any atom is -0.493 e. The third-order valence-electron chi connectivity index (χ3n) is 5.82. The van der Waals surface area contributed by atoms with Crippen LogP contribution < -0.4 is 24.8 Å². The largest absolute Gasteiger partial charge is 0.493 e. The van der Waals surface area contributed by atoms with Crippen molar-refractivity contribution >= 4 is 22.5 Å². The van der Waals surface area contributed by atoms with Gasteiger partial charge in [0, 0.05) is 23.6 Å². The third kappa shape index (κ3) is 6.16. The number of fused-ring (bicyclic) bond motifs is 1. The lowest BCUT2D eigenvalue weighted by Gasteiger charge is -2.16. The fourth-order valence-corrected chi connectivity index (χ4v) is 3.95. The topological polar surface area (TPSA) is 105 Å². The number of nitrogens with one attached hydrogen (secondary N) is 3. The molecule has 0 saturated carbocycles. The Bertz CT molecular complexity index is 1300. The van der Waals surface area contributed by atoms with Crippen molar-refractivity contribution < 1.29 is 24.1 Å². The maximum absolute atomic E-state index is 13.0. The van der Waals surface area contributed by atoms with Gasteiger partial charge in [-0.1, -0.05) is 24.3 Å². The van der Waals surface area contributed by atoms with Crippen LogP contribution in [0.3, 0.4) is 0 Å². The maximum Gasteiger partial charge on any atom is 0.259 e. The molecule has 1 amide bonds. The number of aromatic nitrogens is 1. The number of hydrogen-bond acceptors (Lipinski definition) is 6. The molecule has 0 saturated heterocycles. The molecule has 0 bridgehead atoms. The zero-order chi connectivity index (χ0) is 25.3. The average Bonchev–Trinajstić information content (AvgIpc) is 3.40. The van der Waals surface area contributed by atoms with E-state index in [-0.39, 0.29) is 12.5 Å². The van der Waals surface area contributed by atoms with Gasteiger partial charge in [-0.2, -0.15) is 0 Å². The smallest absolute Gasteiger partial charge is 0.259 e. The summed E-state index contributed by atoms with van der Waals surface area (Å²) in [6, 6.07) is 20.4. The number of carbonyl (C=O) groups excluding carboxylic acids is 1. The number of ether oxygens (including phenoxy) is 3. The van der Waals surface area contributed by atoms with Crippen LogP contribution in [0.4, 0.5) is 5.69 Å². The number of rotatable bonds is 12. The van der Waals surface area contributed by atoms with Crippen molar-refractivity contribution in [1.29, 1.82) is 0 Å². The lowest BCUT2D eigenvalue weighted by molar-refractivity contribution is 0.0981. The Hall–Kier alpha value is -4.01. The summed E-state index contributed by atoms with van der Waals surface area (Å²) in [5, 5.41) is 17.5. The highest BCUT2D eigenvalue weighted by Crippen LogP contribution is 2.28. The number of hydrogen-bond donors (Lipinski definition) is 4. The van der Waals surface area contributed by atoms with Crippen LogP contribution >= 0.6 is 0 Å². The molecule has 8 heteroatoms. The summed E-state index contributed by atoms with van der Waals surface area (Å²) in [4.78, 5) is 16.1. The Kier molecular flexibility index (Phi) is 8.44. The second-order valence-corrected chi connectivity index (χ2v) is 8.30. The van der Waals surface area contributed by atoms with Crippen molar-refractivity contribution in [3.63, 3.8) is 0 Å². The van der Waals surface area contributed by atoms with E-state index >= 15 is 0 Å². The molecule has 0 spiro atoms. The van der Waals surface area contributed by atoms with Crippen molar-refractivity contribution in [1.82, 2.24) is 10.3 Å². The predicted octanol–water partition coefficient (Wildman–Crippen LogP) is 4.01. The first-order chi connectivity index (χ1) is 17.6. The number of anilines is 1. The first-order valence-corrected chi connectivity index (χ1v) is 11.8. The van der Waals surface area contributed by atoms with Gasteiger partial charge < -0.3 is 34.9 Å². The summed E-state index contributed by atoms with van der Waals surface area (Å²) in [6.07, 6.45) is 1.87. The maximum atomic E-state index is 13.0. The van der Waals surface area contributed by atoms with Crippen LogP contribution in [0.5, 0.6) is 17.2 Å². The van der Waals surface area contributed by atoms with Gasteiger partial charge in [-0.3, -0.25) is 4.79 Å². The van der Waals surface area contributed by atoms with E-state index in [4.69, 9.17) is 14.2 Å². The van der Waals surface area contributed by atoms with E-state index in [1.807, 2.05) is 48.7 Å². The van der Waals surface area contributed by atoms with Crippen LogP contribution in [0.25, 0.3) is 10.9 Å². The van der Waals surface area contributed by atoms with Crippen LogP contribution in [0.1, 0.15) is 15.9 Å². The summed E-state index contributed by atoms with van der Waals surface area (Å²) in [7, 11) is 3.22. The van der Waals surface area contributed by atoms with Gasteiger partial charge in [-0.25, -0.2) is 0 Å². The lowest BCUT2D eigenvalue weighted by Crippen LogP contribution is -2.32. The van der Waals surface area contributed by atoms with E-state index in [2.05, 4.69) is 15.6 Å². The quantitative estimate of drug-likeness (QED) is 0.224. The van der Waals surface area contributed by atoms with Gasteiger partial charge in [0.2, 0.25) is 0 Å². The summed E-state index contributed by atoms with van der Waals surface area (Å²) >= 11 is 0. The number of H-pyrrole nitrogens is 1. The van der Waals surface area contributed by atoms with E-state index in [1.54, 1.807) is 38.5 Å². The van der Waals surface area contributed by atoms with Gasteiger partial charge in [0.25, 0.3) is 5.91 Å². The number of carbonyl (C=O) groups is 1. The number of aromatic amines is 1. The number of aliphatic hydroxyl groups excluding tert-OH is 1. The van der Waals surface area contributed by atoms with Gasteiger partial charge in [0.1, 0.15) is 18.5 Å². The van der Waals surface area contributed by atoms with Gasteiger partial charge in [-0.05, 0) is 61.0 Å². The Morgan fingerprint density at radius 3 is 2.64 bits per heavy atom. The molecule has 188 valence electrons. The SMILES string of the molecule is COc1ccc(CCNCC(O)COc2ccccc2C(=O)Nc2cccc3[nH]ccc23)cc1OC. The van der Waals surface area contributed by atoms with Gasteiger partial charge in [0.05, 0.1) is 25.5 Å². The second kappa shape index (κ2) is 12.1. The summed E-state index contributed by atoms with van der Waals surface area (Å²) in [5.41, 5.74) is 3.16. The van der Waals surface area contributed by atoms with Crippen molar-refractivity contribution in [2.24, 2.45) is 0 Å². The molecule has 36 heavy (non-hydrogen) atoms. The number of para-hydroxylation sites is 1. The number of amides is 1. The molecule has 4 rings (SSSR count). The normalized spacial score (nSPS) is 11.8. The van der Waals surface area contributed by atoms with Crippen molar-refractivity contribution in [2.75, 3.05) is 39.2 Å². The Labute approximate surface area is 210 Å². The highest BCUT2D eigenvalue weighted by atomic mass is 16.5. The minimum absolute atomic E-state index is 0.0566. The van der Waals surface area contributed by atoms with Crippen LogP contribution in [0.15, 0.2) is 72.9 Å². The zero-order valence-electron chi connectivity index (χ0n) is 20.4. The minimum atomic E-state index is -0.736. The fourth-order valence-electron chi connectivity index (χ4n) is 3.95. The molecule has 0 aliphatic carbocycles. The third-order valence-corrected chi connectivity index (χ3v) is 5.82. The average molecular weight is 490 g/mol. The van der Waals surface area contributed by atoms with E-state index in [0.29, 0.717) is 41.6 Å². The Morgan fingerprint density at radius 1 is 0.972 bits per heavy atom. The molecule has 3 aromatic carbocycles. The molecular formula is C28H31N3O5. The first kappa shape index (κ1) is 25.1. The van der Waals surface area contributed by atoms with Gasteiger partial charge in [-0.15, -0.1) is 0 Å². The van der Waals surface area contributed by atoms with Crippen molar-refractivity contribution in [2.45, 2.75) is 12.5 Å². The zero-order valence-corrected chi connectivity index (χ0v) is 20.4. The molecule has 4 aromatic rings. The molecule has 4 N–H and O–H groups in total. The highest BCUT2D eigenvalue weighted by molar-refractivity contribution is 6.10. The molecule has 8 nitrogen and oxygen atoms in total. The van der Waals surface area contributed by atoms with Crippen molar-refractivity contribution in [3.8, 4) is 17.2 Å². The number of benzene rings is 3. The summed E-state index contributed by atoms with van der Waals surface area (Å²) in [6.45, 7) is 1.09. The second-order valence-electron chi connectivity index (χ2n) is 8.30. The summed E-state index contributed by atoms with van der Waals surface area (Å²) < 4.78 is 16.4. The molecule has 1 heterocycles. The van der Waals surface area contributed by atoms with Crippen LogP contribution in [0, 0.1) is 0 Å². The fraction of sp³-hybridized carbons (Fsp3) is 0.250. The standard InChI is InChI=1S/C28H31N3O5/c1-34-26-11-10-19(16-27(26)35-2)12-14-29-17-20(32)18-36-25-9-4-3-6-22(25)28(33)31-24-8-5-7-23-21(24)13-15-30-23/h3-11,13,15-16,20,29-30,32H,12,14,17-18H2,1-2H3,(H,31,33). The first-order valence-electron chi connectivity index (χ1n) is 11.8. The molecule has 1 unspecified atom stereocenters. The molecule has 0 fully saturated rings. The van der Waals surface area contributed by atoms with Crippen LogP contribution in [-0.2, 0) is 6.42 Å². The molecular weight excluding hydrogens is 458 g/mol. The molecule has 1 aromatic heterocycles. The van der Waals surface area contributed by atoms with E-state index in [9.17, 15) is 9.90 Å². The van der Waals surface area contributed by atoms with Crippen LogP contribution in [-0.4, -0.2) is 56.0 Å². The van der Waals surface area contributed by atoms with E-state index < -0.39 is 6.10 Å². The monoisotopic (exact) mass is 489 g/mol. The Morgan fingerprint density at radius 2 is 1.81 bits per heavy atom. The summed E-state index contributed by atoms with van der Waals surface area (Å²) in [5.74, 6) is 1.52. The molecule has 1 atom stereocenters. The number of methoxy groups -OCH3 is 2. The number of aliphatic hydroxyl groups is 1. The molecule has 0 aliphatic heterocycles. The predicted molar refractivity (Wildman–Crippen MR) is 140 cm³/mol.